The maximum absolute atomic E-state index is 9.56. The van der Waals surface area contributed by atoms with E-state index in [0.717, 1.165) is 19.5 Å². The predicted octanol–water partition coefficient (Wildman–Crippen LogP) is 2.12. The summed E-state index contributed by atoms with van der Waals surface area (Å²) in [5.41, 5.74) is 0. The lowest BCUT2D eigenvalue weighted by atomic mass is 9.95. The van der Waals surface area contributed by atoms with Gasteiger partial charge in [0.25, 0.3) is 0 Å². The van der Waals surface area contributed by atoms with Crippen LogP contribution in [0.5, 0.6) is 0 Å². The number of aliphatic hydroxyl groups is 1. The molecular weight excluding hydrogens is 162 g/mol. The van der Waals surface area contributed by atoms with Crippen LogP contribution in [0.15, 0.2) is 0 Å². The minimum Gasteiger partial charge on any atom is -0.392 e. The second kappa shape index (κ2) is 6.39. The molecule has 2 heteroatoms. The Hall–Kier alpha value is -0.0800. The zero-order valence-corrected chi connectivity index (χ0v) is 9.75. The number of likely N-dealkylation sites (tertiary alicyclic amines) is 1. The van der Waals surface area contributed by atoms with E-state index in [2.05, 4.69) is 25.7 Å². The van der Waals surface area contributed by atoms with E-state index in [0.29, 0.717) is 12.0 Å². The molecule has 0 spiro atoms. The summed E-state index contributed by atoms with van der Waals surface area (Å²) in [6.45, 7) is 12.5. The van der Waals surface area contributed by atoms with Crippen LogP contribution >= 0.6 is 0 Å². The lowest BCUT2D eigenvalue weighted by Gasteiger charge is -2.36. The van der Waals surface area contributed by atoms with Crippen LogP contribution in [0.4, 0.5) is 0 Å². The Morgan fingerprint density at radius 2 is 1.85 bits per heavy atom. The summed E-state index contributed by atoms with van der Waals surface area (Å²) < 4.78 is 0. The first-order valence-corrected chi connectivity index (χ1v) is 5.53. The first kappa shape index (κ1) is 12.9. The van der Waals surface area contributed by atoms with Crippen molar-refractivity contribution in [1.82, 2.24) is 4.90 Å². The van der Waals surface area contributed by atoms with Crippen molar-refractivity contribution in [2.75, 3.05) is 13.1 Å². The molecule has 1 heterocycles. The van der Waals surface area contributed by atoms with Crippen LogP contribution in [0.25, 0.3) is 0 Å². The molecule has 1 N–H and O–H groups in total. The van der Waals surface area contributed by atoms with Gasteiger partial charge in [-0.25, -0.2) is 0 Å². The average molecular weight is 187 g/mol. The average Bonchev–Trinajstić information content (AvgIpc) is 2.13. The van der Waals surface area contributed by atoms with E-state index in [-0.39, 0.29) is 6.10 Å². The van der Waals surface area contributed by atoms with Crippen LogP contribution < -0.4 is 0 Å². The molecule has 1 rings (SSSR count). The molecule has 0 aromatic rings. The van der Waals surface area contributed by atoms with Gasteiger partial charge in [0.15, 0.2) is 0 Å². The maximum atomic E-state index is 9.56. The van der Waals surface area contributed by atoms with Gasteiger partial charge in [-0.3, -0.25) is 4.90 Å². The standard InChI is InChI=1S/C9H19NO.C2H6/c1-7(2)10-5-4-8(3)9(11)6-10;1-2/h7-9,11H,4-6H2,1-3H3;1-2H3. The Balaban J connectivity index is 0.000000671. The zero-order chi connectivity index (χ0) is 10.4. The van der Waals surface area contributed by atoms with E-state index in [1.807, 2.05) is 13.8 Å². The lowest BCUT2D eigenvalue weighted by molar-refractivity contribution is 0.0164. The van der Waals surface area contributed by atoms with E-state index in [1.54, 1.807) is 0 Å². The summed E-state index contributed by atoms with van der Waals surface area (Å²) in [6.07, 6.45) is 1.03. The van der Waals surface area contributed by atoms with Crippen LogP contribution in [0.1, 0.15) is 41.0 Å². The first-order valence-electron chi connectivity index (χ1n) is 5.53. The number of β-amino-alcohol motifs (C(OH)–C–C–N with tert-alkyl or cyclic N) is 1. The zero-order valence-electron chi connectivity index (χ0n) is 9.75. The number of nitrogens with zero attached hydrogens (tertiary/aromatic N) is 1. The molecule has 1 aliphatic heterocycles. The van der Waals surface area contributed by atoms with E-state index < -0.39 is 0 Å². The van der Waals surface area contributed by atoms with Crippen molar-refractivity contribution < 1.29 is 5.11 Å². The molecule has 0 aromatic carbocycles. The summed E-state index contributed by atoms with van der Waals surface area (Å²) in [5.74, 6) is 0.491. The van der Waals surface area contributed by atoms with Crippen molar-refractivity contribution >= 4 is 0 Å². The Morgan fingerprint density at radius 3 is 2.23 bits per heavy atom. The molecule has 0 aliphatic carbocycles. The van der Waals surface area contributed by atoms with Gasteiger partial charge in [0.1, 0.15) is 0 Å². The highest BCUT2D eigenvalue weighted by molar-refractivity contribution is 4.78. The van der Waals surface area contributed by atoms with Crippen molar-refractivity contribution in [2.45, 2.75) is 53.2 Å². The molecule has 1 saturated heterocycles. The van der Waals surface area contributed by atoms with Crippen molar-refractivity contribution in [3.05, 3.63) is 0 Å². The van der Waals surface area contributed by atoms with Crippen LogP contribution in [0, 0.1) is 5.92 Å². The fourth-order valence-electron chi connectivity index (χ4n) is 1.54. The molecule has 1 fully saturated rings. The van der Waals surface area contributed by atoms with E-state index >= 15 is 0 Å². The number of piperidine rings is 1. The largest absolute Gasteiger partial charge is 0.392 e. The summed E-state index contributed by atoms with van der Waals surface area (Å²) in [4.78, 5) is 2.34. The van der Waals surface area contributed by atoms with Gasteiger partial charge in [-0.2, -0.15) is 0 Å². The summed E-state index contributed by atoms with van der Waals surface area (Å²) >= 11 is 0. The van der Waals surface area contributed by atoms with Crippen molar-refractivity contribution in [1.29, 1.82) is 0 Å². The molecule has 0 bridgehead atoms. The molecule has 80 valence electrons. The highest BCUT2D eigenvalue weighted by atomic mass is 16.3. The molecule has 2 nitrogen and oxygen atoms in total. The van der Waals surface area contributed by atoms with Gasteiger partial charge in [0, 0.05) is 12.6 Å². The van der Waals surface area contributed by atoms with Crippen LogP contribution in [-0.4, -0.2) is 35.2 Å². The molecule has 13 heavy (non-hydrogen) atoms. The molecule has 1 aliphatic rings. The monoisotopic (exact) mass is 187 g/mol. The number of aliphatic hydroxyl groups excluding tert-OH is 1. The van der Waals surface area contributed by atoms with Crippen molar-refractivity contribution in [2.24, 2.45) is 5.92 Å². The third kappa shape index (κ3) is 4.10. The summed E-state index contributed by atoms with van der Waals surface area (Å²) in [5, 5.41) is 9.56. The molecule has 2 atom stereocenters. The predicted molar refractivity (Wildman–Crippen MR) is 57.8 cm³/mol. The third-order valence-corrected chi connectivity index (χ3v) is 2.68. The van der Waals surface area contributed by atoms with Gasteiger partial charge in [-0.1, -0.05) is 20.8 Å². The Labute approximate surface area is 82.9 Å². The molecule has 0 saturated carbocycles. The molecule has 2 unspecified atom stereocenters. The fourth-order valence-corrected chi connectivity index (χ4v) is 1.54. The summed E-state index contributed by atoms with van der Waals surface area (Å²) in [7, 11) is 0. The van der Waals surface area contributed by atoms with Crippen LogP contribution in [0.3, 0.4) is 0 Å². The normalized spacial score (nSPS) is 29.8. The van der Waals surface area contributed by atoms with Crippen molar-refractivity contribution in [3.63, 3.8) is 0 Å². The van der Waals surface area contributed by atoms with Gasteiger partial charge in [0.05, 0.1) is 6.10 Å². The molecular formula is C11H25NO. The summed E-state index contributed by atoms with van der Waals surface area (Å²) in [6, 6.07) is 0.581. The highest BCUT2D eigenvalue weighted by Gasteiger charge is 2.25. The lowest BCUT2D eigenvalue weighted by Crippen LogP contribution is -2.45. The van der Waals surface area contributed by atoms with E-state index in [1.165, 1.54) is 0 Å². The maximum Gasteiger partial charge on any atom is 0.0693 e. The van der Waals surface area contributed by atoms with Crippen molar-refractivity contribution in [3.8, 4) is 0 Å². The number of rotatable bonds is 1. The smallest absolute Gasteiger partial charge is 0.0693 e. The molecule has 0 amide bonds. The Kier molecular flexibility index (Phi) is 6.35. The van der Waals surface area contributed by atoms with Gasteiger partial charge >= 0.3 is 0 Å². The number of hydrogen-bond acceptors (Lipinski definition) is 2. The Morgan fingerprint density at radius 1 is 1.31 bits per heavy atom. The fraction of sp³-hybridized carbons (Fsp3) is 1.00. The van der Waals surface area contributed by atoms with Crippen LogP contribution in [0.2, 0.25) is 0 Å². The Bertz CT molecular complexity index is 125. The van der Waals surface area contributed by atoms with E-state index in [4.69, 9.17) is 0 Å². The van der Waals surface area contributed by atoms with Gasteiger partial charge in [0.2, 0.25) is 0 Å². The number of hydrogen-bond donors (Lipinski definition) is 1. The first-order chi connectivity index (χ1) is 6.11. The second-order valence-electron chi connectivity index (χ2n) is 3.92. The second-order valence-corrected chi connectivity index (χ2v) is 3.92. The van der Waals surface area contributed by atoms with Crippen LogP contribution in [-0.2, 0) is 0 Å². The van der Waals surface area contributed by atoms with Gasteiger partial charge in [-0.15, -0.1) is 0 Å². The highest BCUT2D eigenvalue weighted by Crippen LogP contribution is 2.18. The van der Waals surface area contributed by atoms with Gasteiger partial charge in [-0.05, 0) is 32.7 Å². The molecule has 0 radical (unpaired) electrons. The van der Waals surface area contributed by atoms with Gasteiger partial charge < -0.3 is 5.11 Å². The van der Waals surface area contributed by atoms with E-state index in [9.17, 15) is 5.11 Å². The quantitative estimate of drug-likeness (QED) is 0.679. The minimum atomic E-state index is -0.105. The SMILES string of the molecule is CC.CC1CCN(C(C)C)CC1O. The minimum absolute atomic E-state index is 0.105. The molecule has 0 aromatic heterocycles. The third-order valence-electron chi connectivity index (χ3n) is 2.68. The topological polar surface area (TPSA) is 23.5 Å².